The highest BCUT2D eigenvalue weighted by atomic mass is 19.1. The maximum absolute atomic E-state index is 12.9. The topological polar surface area (TPSA) is 28.6 Å². The Morgan fingerprint density at radius 2 is 1.87 bits per heavy atom. The highest BCUT2D eigenvalue weighted by molar-refractivity contribution is 5.41. The quantitative estimate of drug-likeness (QED) is 0.863. The predicted molar refractivity (Wildman–Crippen MR) is 89.7 cm³/mol. The van der Waals surface area contributed by atoms with E-state index in [1.165, 1.54) is 12.1 Å². The summed E-state index contributed by atoms with van der Waals surface area (Å²) in [4.78, 5) is 9.35. The molecule has 0 N–H and O–H groups in total. The number of benzene rings is 1. The summed E-state index contributed by atoms with van der Waals surface area (Å²) >= 11 is 0. The van der Waals surface area contributed by atoms with Crippen LogP contribution in [0.1, 0.15) is 13.3 Å². The Hall–Kier alpha value is -2.14. The SMILES string of the molecule is CCN1CCCN(c2cccc(Oc3ccc(F)cc3)n2)CC1. The summed E-state index contributed by atoms with van der Waals surface area (Å²) in [7, 11) is 0. The van der Waals surface area contributed by atoms with Crippen LogP contribution >= 0.6 is 0 Å². The van der Waals surface area contributed by atoms with Gasteiger partial charge in [0.05, 0.1) is 0 Å². The van der Waals surface area contributed by atoms with Crippen molar-refractivity contribution in [2.24, 2.45) is 0 Å². The Labute approximate surface area is 136 Å². The summed E-state index contributed by atoms with van der Waals surface area (Å²) in [6.45, 7) is 7.46. The van der Waals surface area contributed by atoms with E-state index in [0.717, 1.165) is 45.0 Å². The van der Waals surface area contributed by atoms with Gasteiger partial charge in [-0.25, -0.2) is 4.39 Å². The van der Waals surface area contributed by atoms with Crippen LogP contribution in [0.2, 0.25) is 0 Å². The maximum Gasteiger partial charge on any atom is 0.221 e. The van der Waals surface area contributed by atoms with Crippen LogP contribution in [0.3, 0.4) is 0 Å². The third-order valence-corrected chi connectivity index (χ3v) is 4.10. The number of hydrogen-bond acceptors (Lipinski definition) is 4. The molecule has 1 saturated heterocycles. The number of aromatic nitrogens is 1. The summed E-state index contributed by atoms with van der Waals surface area (Å²) in [5.41, 5.74) is 0. The average Bonchev–Trinajstić information content (AvgIpc) is 2.83. The van der Waals surface area contributed by atoms with Gasteiger partial charge in [-0.3, -0.25) is 0 Å². The van der Waals surface area contributed by atoms with Gasteiger partial charge in [0.2, 0.25) is 5.88 Å². The van der Waals surface area contributed by atoms with Gasteiger partial charge in [0.1, 0.15) is 17.4 Å². The lowest BCUT2D eigenvalue weighted by Crippen LogP contribution is -2.31. The Bertz CT molecular complexity index is 632. The lowest BCUT2D eigenvalue weighted by molar-refractivity contribution is 0.310. The summed E-state index contributed by atoms with van der Waals surface area (Å²) in [6.07, 6.45) is 1.14. The number of nitrogens with zero attached hydrogens (tertiary/aromatic N) is 3. The normalized spacial score (nSPS) is 16.2. The number of pyridine rings is 1. The van der Waals surface area contributed by atoms with Gasteiger partial charge >= 0.3 is 0 Å². The van der Waals surface area contributed by atoms with Crippen molar-refractivity contribution in [1.29, 1.82) is 0 Å². The number of ether oxygens (including phenoxy) is 1. The van der Waals surface area contributed by atoms with Crippen LogP contribution in [-0.4, -0.2) is 42.6 Å². The fourth-order valence-corrected chi connectivity index (χ4v) is 2.78. The molecule has 2 heterocycles. The molecule has 0 saturated carbocycles. The molecule has 0 atom stereocenters. The molecule has 1 fully saturated rings. The molecule has 0 unspecified atom stereocenters. The van der Waals surface area contributed by atoms with Crippen molar-refractivity contribution in [1.82, 2.24) is 9.88 Å². The van der Waals surface area contributed by atoms with Gasteiger partial charge in [-0.15, -0.1) is 0 Å². The van der Waals surface area contributed by atoms with Gasteiger partial charge in [0.15, 0.2) is 0 Å². The number of anilines is 1. The smallest absolute Gasteiger partial charge is 0.221 e. The molecule has 4 nitrogen and oxygen atoms in total. The lowest BCUT2D eigenvalue weighted by Gasteiger charge is -2.22. The maximum atomic E-state index is 12.9. The fraction of sp³-hybridized carbons (Fsp3) is 0.389. The van der Waals surface area contributed by atoms with E-state index in [9.17, 15) is 4.39 Å². The molecule has 122 valence electrons. The van der Waals surface area contributed by atoms with Gasteiger partial charge in [0, 0.05) is 25.7 Å². The standard InChI is InChI=1S/C18H22FN3O/c1-2-21-11-4-12-22(14-13-21)17-5-3-6-18(20-17)23-16-9-7-15(19)8-10-16/h3,5-10H,2,4,11-14H2,1H3. The minimum atomic E-state index is -0.274. The van der Waals surface area contributed by atoms with E-state index in [2.05, 4.69) is 21.7 Å². The molecule has 1 aromatic heterocycles. The zero-order valence-corrected chi connectivity index (χ0v) is 13.4. The van der Waals surface area contributed by atoms with Gasteiger partial charge in [0.25, 0.3) is 0 Å². The minimum Gasteiger partial charge on any atom is -0.439 e. The minimum absolute atomic E-state index is 0.274. The molecule has 23 heavy (non-hydrogen) atoms. The molecule has 1 aliphatic heterocycles. The van der Waals surface area contributed by atoms with Crippen molar-refractivity contribution in [3.63, 3.8) is 0 Å². The van der Waals surface area contributed by atoms with Crippen molar-refractivity contribution in [3.8, 4) is 11.6 Å². The molecule has 1 aromatic carbocycles. The summed E-state index contributed by atoms with van der Waals surface area (Å²) < 4.78 is 18.7. The van der Waals surface area contributed by atoms with Crippen molar-refractivity contribution >= 4 is 5.82 Å². The Kier molecular flexibility index (Phi) is 5.08. The Balaban J connectivity index is 1.70. The number of likely N-dealkylation sites (N-methyl/N-ethyl adjacent to an activating group) is 1. The molecule has 3 rings (SSSR count). The van der Waals surface area contributed by atoms with Crippen LogP contribution in [0, 0.1) is 5.82 Å². The second-order valence-electron chi connectivity index (χ2n) is 5.66. The van der Waals surface area contributed by atoms with E-state index in [4.69, 9.17) is 4.74 Å². The molecule has 0 bridgehead atoms. The second kappa shape index (κ2) is 7.42. The zero-order chi connectivity index (χ0) is 16.1. The molecule has 0 spiro atoms. The van der Waals surface area contributed by atoms with Gasteiger partial charge in [-0.05, 0) is 49.8 Å². The first-order chi connectivity index (χ1) is 11.2. The molecule has 1 aliphatic rings. The van der Waals surface area contributed by atoms with Gasteiger partial charge < -0.3 is 14.5 Å². The van der Waals surface area contributed by atoms with E-state index in [1.54, 1.807) is 12.1 Å². The lowest BCUT2D eigenvalue weighted by atomic mass is 10.3. The van der Waals surface area contributed by atoms with Crippen LogP contribution in [0.4, 0.5) is 10.2 Å². The molecular weight excluding hydrogens is 293 g/mol. The molecule has 2 aromatic rings. The van der Waals surface area contributed by atoms with Crippen LogP contribution in [0.5, 0.6) is 11.6 Å². The zero-order valence-electron chi connectivity index (χ0n) is 13.4. The molecular formula is C18H22FN3O. The van der Waals surface area contributed by atoms with E-state index < -0.39 is 0 Å². The highest BCUT2D eigenvalue weighted by Gasteiger charge is 2.15. The Morgan fingerprint density at radius 3 is 2.65 bits per heavy atom. The van der Waals surface area contributed by atoms with E-state index in [0.29, 0.717) is 11.6 Å². The largest absolute Gasteiger partial charge is 0.439 e. The van der Waals surface area contributed by atoms with Crippen molar-refractivity contribution in [3.05, 3.63) is 48.3 Å². The summed E-state index contributed by atoms with van der Waals surface area (Å²) in [6, 6.07) is 11.8. The fourth-order valence-electron chi connectivity index (χ4n) is 2.78. The average molecular weight is 315 g/mol. The van der Waals surface area contributed by atoms with Crippen LogP contribution in [-0.2, 0) is 0 Å². The summed E-state index contributed by atoms with van der Waals surface area (Å²) in [5, 5.41) is 0. The highest BCUT2D eigenvalue weighted by Crippen LogP contribution is 2.23. The number of halogens is 1. The number of hydrogen-bond donors (Lipinski definition) is 0. The third-order valence-electron chi connectivity index (χ3n) is 4.10. The molecule has 0 aliphatic carbocycles. The van der Waals surface area contributed by atoms with Crippen LogP contribution in [0.15, 0.2) is 42.5 Å². The van der Waals surface area contributed by atoms with Crippen molar-refractivity contribution in [2.45, 2.75) is 13.3 Å². The van der Waals surface area contributed by atoms with Crippen LogP contribution < -0.4 is 9.64 Å². The number of rotatable bonds is 4. The first-order valence-electron chi connectivity index (χ1n) is 8.12. The first kappa shape index (κ1) is 15.7. The monoisotopic (exact) mass is 315 g/mol. The van der Waals surface area contributed by atoms with E-state index in [-0.39, 0.29) is 5.82 Å². The third kappa shape index (κ3) is 4.20. The molecule has 0 amide bonds. The van der Waals surface area contributed by atoms with E-state index >= 15 is 0 Å². The predicted octanol–water partition coefficient (Wildman–Crippen LogP) is 3.55. The molecule has 5 heteroatoms. The van der Waals surface area contributed by atoms with Gasteiger partial charge in [-0.1, -0.05) is 13.0 Å². The first-order valence-corrected chi connectivity index (χ1v) is 8.12. The summed E-state index contributed by atoms with van der Waals surface area (Å²) in [5.74, 6) is 1.78. The van der Waals surface area contributed by atoms with Crippen LogP contribution in [0.25, 0.3) is 0 Å². The van der Waals surface area contributed by atoms with E-state index in [1.807, 2.05) is 18.2 Å². The van der Waals surface area contributed by atoms with Crippen molar-refractivity contribution in [2.75, 3.05) is 37.6 Å². The second-order valence-corrected chi connectivity index (χ2v) is 5.66. The Morgan fingerprint density at radius 1 is 1.04 bits per heavy atom. The van der Waals surface area contributed by atoms with Gasteiger partial charge in [-0.2, -0.15) is 4.98 Å². The van der Waals surface area contributed by atoms with Crippen molar-refractivity contribution < 1.29 is 9.13 Å². The molecule has 0 radical (unpaired) electrons.